The average Bonchev–Trinajstić information content (AvgIpc) is 1.87. The van der Waals surface area contributed by atoms with Crippen molar-refractivity contribution in [2.45, 2.75) is 39.0 Å². The van der Waals surface area contributed by atoms with Gasteiger partial charge in [-0.05, 0) is 43.4 Å². The maximum Gasteiger partial charge on any atom is -0.0406 e. The minimum atomic E-state index is 1.11. The molecule has 0 radical (unpaired) electrons. The predicted octanol–water partition coefficient (Wildman–Crippen LogP) is 2.83. The van der Waals surface area contributed by atoms with E-state index in [1.807, 2.05) is 0 Å². The zero-order chi connectivity index (χ0) is 6.27. The summed E-state index contributed by atoms with van der Waals surface area (Å²) in [4.78, 5) is 0. The normalized spacial score (nSPS) is 48.3. The maximum atomic E-state index is 2.34. The molecule has 0 heterocycles. The third-order valence-electron chi connectivity index (χ3n) is 3.24. The molecule has 2 bridgehead atoms. The lowest BCUT2D eigenvalue weighted by atomic mass is 9.61. The van der Waals surface area contributed by atoms with Gasteiger partial charge in [-0.2, -0.15) is 0 Å². The van der Waals surface area contributed by atoms with Crippen molar-refractivity contribution in [1.82, 2.24) is 0 Å². The van der Waals surface area contributed by atoms with Crippen LogP contribution in [0.3, 0.4) is 0 Å². The highest BCUT2D eigenvalue weighted by Crippen LogP contribution is 2.48. The van der Waals surface area contributed by atoms with Crippen LogP contribution in [0.1, 0.15) is 39.0 Å². The standard InChI is InChI=1S/C9H16/c1-2-7-3-8-5-9(4-7)6-8/h7-9H,2-6H2,1H3. The van der Waals surface area contributed by atoms with Gasteiger partial charge in [0.05, 0.1) is 0 Å². The van der Waals surface area contributed by atoms with Gasteiger partial charge in [0.15, 0.2) is 0 Å². The number of hydrogen-bond acceptors (Lipinski definition) is 0. The van der Waals surface area contributed by atoms with E-state index in [0.717, 1.165) is 17.8 Å². The molecule has 3 saturated carbocycles. The van der Waals surface area contributed by atoms with Crippen molar-refractivity contribution in [2.75, 3.05) is 0 Å². The second-order valence-electron chi connectivity index (χ2n) is 3.95. The van der Waals surface area contributed by atoms with E-state index in [0.29, 0.717) is 0 Å². The van der Waals surface area contributed by atoms with Gasteiger partial charge in [-0.1, -0.05) is 13.3 Å². The number of hydrogen-bond donors (Lipinski definition) is 0. The van der Waals surface area contributed by atoms with Crippen molar-refractivity contribution in [1.29, 1.82) is 0 Å². The number of rotatable bonds is 1. The molecule has 0 aliphatic heterocycles. The van der Waals surface area contributed by atoms with Gasteiger partial charge in [0.1, 0.15) is 0 Å². The molecular weight excluding hydrogens is 108 g/mol. The molecule has 0 atom stereocenters. The Bertz CT molecular complexity index is 90.6. The first-order valence-corrected chi connectivity index (χ1v) is 4.38. The zero-order valence-electron chi connectivity index (χ0n) is 6.27. The summed E-state index contributed by atoms with van der Waals surface area (Å²) in [6, 6.07) is 0. The first-order valence-electron chi connectivity index (χ1n) is 4.38. The first kappa shape index (κ1) is 5.76. The summed E-state index contributed by atoms with van der Waals surface area (Å²) in [5.41, 5.74) is 0. The fourth-order valence-corrected chi connectivity index (χ4v) is 2.63. The molecule has 0 aromatic rings. The molecular formula is C9H16. The van der Waals surface area contributed by atoms with E-state index >= 15 is 0 Å². The summed E-state index contributed by atoms with van der Waals surface area (Å²) in [7, 11) is 0. The Morgan fingerprint density at radius 1 is 1.00 bits per heavy atom. The summed E-state index contributed by atoms with van der Waals surface area (Å²) in [5.74, 6) is 3.44. The van der Waals surface area contributed by atoms with Crippen molar-refractivity contribution < 1.29 is 0 Å². The highest BCUT2D eigenvalue weighted by Gasteiger charge is 2.36. The molecule has 3 aliphatic carbocycles. The van der Waals surface area contributed by atoms with Crippen molar-refractivity contribution in [3.8, 4) is 0 Å². The Morgan fingerprint density at radius 2 is 1.56 bits per heavy atom. The molecule has 0 spiro atoms. The van der Waals surface area contributed by atoms with Gasteiger partial charge in [-0.25, -0.2) is 0 Å². The molecule has 0 saturated heterocycles. The SMILES string of the molecule is CCC1CC2CC(C1)C2. The van der Waals surface area contributed by atoms with Crippen molar-refractivity contribution in [3.05, 3.63) is 0 Å². The molecule has 3 rings (SSSR count). The topological polar surface area (TPSA) is 0 Å². The van der Waals surface area contributed by atoms with Crippen molar-refractivity contribution >= 4 is 0 Å². The Labute approximate surface area is 57.6 Å². The lowest BCUT2D eigenvalue weighted by Gasteiger charge is -2.45. The third-order valence-corrected chi connectivity index (χ3v) is 3.24. The van der Waals surface area contributed by atoms with Gasteiger partial charge < -0.3 is 0 Å². The van der Waals surface area contributed by atoms with Crippen LogP contribution >= 0.6 is 0 Å². The Morgan fingerprint density at radius 3 is 1.89 bits per heavy atom. The Balaban J connectivity index is 1.89. The van der Waals surface area contributed by atoms with Crippen molar-refractivity contribution in [2.24, 2.45) is 17.8 Å². The van der Waals surface area contributed by atoms with E-state index in [-0.39, 0.29) is 0 Å². The summed E-state index contributed by atoms with van der Waals surface area (Å²) in [6.07, 6.45) is 7.72. The molecule has 0 N–H and O–H groups in total. The quantitative estimate of drug-likeness (QED) is 0.504. The average molecular weight is 124 g/mol. The van der Waals surface area contributed by atoms with Crippen LogP contribution in [0.5, 0.6) is 0 Å². The van der Waals surface area contributed by atoms with E-state index in [1.165, 1.54) is 6.42 Å². The van der Waals surface area contributed by atoms with E-state index < -0.39 is 0 Å². The molecule has 3 aliphatic rings. The van der Waals surface area contributed by atoms with Gasteiger partial charge >= 0.3 is 0 Å². The van der Waals surface area contributed by atoms with Crippen LogP contribution in [-0.4, -0.2) is 0 Å². The fourth-order valence-electron chi connectivity index (χ4n) is 2.63. The Kier molecular flexibility index (Phi) is 1.28. The molecule has 0 nitrogen and oxygen atoms in total. The van der Waals surface area contributed by atoms with Crippen LogP contribution < -0.4 is 0 Å². The van der Waals surface area contributed by atoms with Gasteiger partial charge in [0, 0.05) is 0 Å². The van der Waals surface area contributed by atoms with Crippen LogP contribution in [-0.2, 0) is 0 Å². The largest absolute Gasteiger partial charge is 0.0651 e. The van der Waals surface area contributed by atoms with Crippen LogP contribution in [0.2, 0.25) is 0 Å². The summed E-state index contributed by atoms with van der Waals surface area (Å²) < 4.78 is 0. The van der Waals surface area contributed by atoms with E-state index in [1.54, 1.807) is 25.7 Å². The fraction of sp³-hybridized carbons (Fsp3) is 1.00. The molecule has 9 heavy (non-hydrogen) atoms. The molecule has 3 fully saturated rings. The summed E-state index contributed by atoms with van der Waals surface area (Å²) >= 11 is 0. The highest BCUT2D eigenvalue weighted by atomic mass is 14.4. The highest BCUT2D eigenvalue weighted by molar-refractivity contribution is 4.88. The minimum Gasteiger partial charge on any atom is -0.0651 e. The van der Waals surface area contributed by atoms with Crippen LogP contribution in [0, 0.1) is 17.8 Å². The van der Waals surface area contributed by atoms with Crippen LogP contribution in [0.15, 0.2) is 0 Å². The van der Waals surface area contributed by atoms with Crippen LogP contribution in [0.4, 0.5) is 0 Å². The minimum absolute atomic E-state index is 1.11. The van der Waals surface area contributed by atoms with Gasteiger partial charge in [0.25, 0.3) is 0 Å². The molecule has 0 aromatic heterocycles. The smallest absolute Gasteiger partial charge is 0.0406 e. The summed E-state index contributed by atoms with van der Waals surface area (Å²) in [6.45, 7) is 2.34. The second kappa shape index (κ2) is 2.00. The van der Waals surface area contributed by atoms with Gasteiger partial charge in [0.2, 0.25) is 0 Å². The number of fused-ring (bicyclic) bond motifs is 2. The lowest BCUT2D eigenvalue weighted by molar-refractivity contribution is 0.0657. The lowest BCUT2D eigenvalue weighted by Crippen LogP contribution is -2.33. The summed E-state index contributed by atoms with van der Waals surface area (Å²) in [5, 5.41) is 0. The van der Waals surface area contributed by atoms with E-state index in [9.17, 15) is 0 Å². The zero-order valence-corrected chi connectivity index (χ0v) is 6.27. The Hall–Kier alpha value is 0. The monoisotopic (exact) mass is 124 g/mol. The predicted molar refractivity (Wildman–Crippen MR) is 39.2 cm³/mol. The third kappa shape index (κ3) is 0.889. The molecule has 0 unspecified atom stereocenters. The van der Waals surface area contributed by atoms with E-state index in [4.69, 9.17) is 0 Å². The first-order chi connectivity index (χ1) is 4.38. The molecule has 0 aromatic carbocycles. The second-order valence-corrected chi connectivity index (χ2v) is 3.95. The molecule has 0 heteroatoms. The van der Waals surface area contributed by atoms with Gasteiger partial charge in [-0.3, -0.25) is 0 Å². The maximum absolute atomic E-state index is 2.34. The van der Waals surface area contributed by atoms with Gasteiger partial charge in [-0.15, -0.1) is 0 Å². The van der Waals surface area contributed by atoms with E-state index in [2.05, 4.69) is 6.92 Å². The molecule has 0 amide bonds. The van der Waals surface area contributed by atoms with Crippen molar-refractivity contribution in [3.63, 3.8) is 0 Å². The van der Waals surface area contributed by atoms with Crippen LogP contribution in [0.25, 0.3) is 0 Å². The molecule has 52 valence electrons.